The van der Waals surface area contributed by atoms with Gasteiger partial charge in [-0.3, -0.25) is 14.9 Å². The van der Waals surface area contributed by atoms with Crippen molar-refractivity contribution in [3.8, 4) is 0 Å². The summed E-state index contributed by atoms with van der Waals surface area (Å²) < 4.78 is 0.948. The summed E-state index contributed by atoms with van der Waals surface area (Å²) in [5.41, 5.74) is 0.895. The summed E-state index contributed by atoms with van der Waals surface area (Å²) in [6, 6.07) is 13.4. The number of nitro benzene ring substituents is 1. The summed E-state index contributed by atoms with van der Waals surface area (Å²) >= 11 is 3.32. The molecular formula is C15H11BrN2O3. The number of halogens is 1. The maximum absolute atomic E-state index is 11.8. The van der Waals surface area contributed by atoms with Crippen molar-refractivity contribution in [1.82, 2.24) is 0 Å². The highest BCUT2D eigenvalue weighted by molar-refractivity contribution is 9.10. The van der Waals surface area contributed by atoms with Gasteiger partial charge in [0.1, 0.15) is 5.69 Å². The Labute approximate surface area is 129 Å². The number of amides is 1. The van der Waals surface area contributed by atoms with E-state index in [0.717, 1.165) is 10.0 Å². The number of hydrogen-bond donors (Lipinski definition) is 1. The molecule has 2 rings (SSSR count). The standard InChI is InChI=1S/C15H11BrN2O3/c16-12-8-5-11(6-9-12)7-10-15(19)17-13-3-1-2-4-14(13)18(20)21/h1-10H,(H,17,19). The number of nitrogens with one attached hydrogen (secondary N) is 1. The minimum atomic E-state index is -0.534. The quantitative estimate of drug-likeness (QED) is 0.516. The maximum Gasteiger partial charge on any atom is 0.292 e. The molecule has 2 aromatic rings. The topological polar surface area (TPSA) is 72.2 Å². The Morgan fingerprint density at radius 2 is 1.81 bits per heavy atom. The highest BCUT2D eigenvalue weighted by Gasteiger charge is 2.13. The van der Waals surface area contributed by atoms with Gasteiger partial charge in [-0.2, -0.15) is 0 Å². The molecule has 21 heavy (non-hydrogen) atoms. The summed E-state index contributed by atoms with van der Waals surface area (Å²) in [6.45, 7) is 0. The lowest BCUT2D eigenvalue weighted by Gasteiger charge is -2.02. The SMILES string of the molecule is O=C(C=Cc1ccc(Br)cc1)Nc1ccccc1[N+](=O)[O-]. The second-order valence-electron chi connectivity index (χ2n) is 4.15. The van der Waals surface area contributed by atoms with Gasteiger partial charge >= 0.3 is 0 Å². The fourth-order valence-electron chi connectivity index (χ4n) is 1.66. The van der Waals surface area contributed by atoms with Crippen LogP contribution in [0.2, 0.25) is 0 Å². The molecule has 0 aliphatic carbocycles. The Morgan fingerprint density at radius 1 is 1.14 bits per heavy atom. The molecular weight excluding hydrogens is 336 g/mol. The third kappa shape index (κ3) is 4.25. The van der Waals surface area contributed by atoms with Crippen molar-refractivity contribution in [3.63, 3.8) is 0 Å². The number of nitro groups is 1. The molecule has 106 valence electrons. The molecule has 1 N–H and O–H groups in total. The van der Waals surface area contributed by atoms with Gasteiger partial charge in [-0.25, -0.2) is 0 Å². The summed E-state index contributed by atoms with van der Waals surface area (Å²) in [5.74, 6) is -0.424. The first-order chi connectivity index (χ1) is 10.1. The molecule has 0 radical (unpaired) electrons. The first-order valence-corrected chi connectivity index (χ1v) is 6.83. The monoisotopic (exact) mass is 346 g/mol. The molecule has 0 saturated heterocycles. The first kappa shape index (κ1) is 14.9. The number of rotatable bonds is 4. The number of anilines is 1. The van der Waals surface area contributed by atoms with Crippen molar-refractivity contribution in [2.75, 3.05) is 5.32 Å². The zero-order valence-electron chi connectivity index (χ0n) is 10.8. The molecule has 1 amide bonds. The molecule has 0 saturated carbocycles. The Hall–Kier alpha value is -2.47. The number of hydrogen-bond acceptors (Lipinski definition) is 3. The molecule has 5 nitrogen and oxygen atoms in total. The van der Waals surface area contributed by atoms with Crippen molar-refractivity contribution >= 4 is 39.3 Å². The van der Waals surface area contributed by atoms with Gasteiger partial charge in [-0.1, -0.05) is 40.2 Å². The Bertz CT molecular complexity index is 696. The number of carbonyl (C=O) groups excluding carboxylic acids is 1. The highest BCUT2D eigenvalue weighted by atomic mass is 79.9. The van der Waals surface area contributed by atoms with Crippen molar-refractivity contribution < 1.29 is 9.72 Å². The largest absolute Gasteiger partial charge is 0.317 e. The van der Waals surface area contributed by atoms with Crippen LogP contribution in [0, 0.1) is 10.1 Å². The zero-order valence-corrected chi connectivity index (χ0v) is 12.4. The highest BCUT2D eigenvalue weighted by Crippen LogP contribution is 2.23. The number of benzene rings is 2. The predicted molar refractivity (Wildman–Crippen MR) is 84.9 cm³/mol. The van der Waals surface area contributed by atoms with Gasteiger partial charge in [-0.05, 0) is 29.8 Å². The van der Waals surface area contributed by atoms with Crippen molar-refractivity contribution in [3.05, 3.63) is 74.8 Å². The number of nitrogens with zero attached hydrogens (tertiary/aromatic N) is 1. The van der Waals surface area contributed by atoms with E-state index in [1.807, 2.05) is 24.3 Å². The van der Waals surface area contributed by atoms with E-state index < -0.39 is 10.8 Å². The molecule has 2 aromatic carbocycles. The molecule has 0 aliphatic rings. The van der Waals surface area contributed by atoms with Gasteiger partial charge in [0, 0.05) is 16.6 Å². The zero-order chi connectivity index (χ0) is 15.2. The average molecular weight is 347 g/mol. The summed E-state index contributed by atoms with van der Waals surface area (Å²) in [5, 5.41) is 13.3. The molecule has 0 aliphatic heterocycles. The lowest BCUT2D eigenvalue weighted by molar-refractivity contribution is -0.383. The molecule has 0 unspecified atom stereocenters. The average Bonchev–Trinajstić information content (AvgIpc) is 2.47. The smallest absolute Gasteiger partial charge is 0.292 e. The minimum absolute atomic E-state index is 0.136. The van der Waals surface area contributed by atoms with Crippen LogP contribution in [0.5, 0.6) is 0 Å². The molecule has 0 fully saturated rings. The van der Waals surface area contributed by atoms with Crippen LogP contribution in [-0.4, -0.2) is 10.8 Å². The normalized spacial score (nSPS) is 10.5. The van der Waals surface area contributed by atoms with E-state index in [0.29, 0.717) is 0 Å². The van der Waals surface area contributed by atoms with Gasteiger partial charge in [0.2, 0.25) is 5.91 Å². The van der Waals surface area contributed by atoms with Crippen LogP contribution in [0.1, 0.15) is 5.56 Å². The Morgan fingerprint density at radius 3 is 2.48 bits per heavy atom. The third-order valence-electron chi connectivity index (χ3n) is 2.66. The van der Waals surface area contributed by atoms with Crippen LogP contribution >= 0.6 is 15.9 Å². The minimum Gasteiger partial charge on any atom is -0.317 e. The van der Waals surface area contributed by atoms with E-state index in [4.69, 9.17) is 0 Å². The Kier molecular flexibility index (Phi) is 4.84. The summed E-state index contributed by atoms with van der Waals surface area (Å²) in [7, 11) is 0. The van der Waals surface area contributed by atoms with Gasteiger partial charge < -0.3 is 5.32 Å². The fraction of sp³-hybridized carbons (Fsp3) is 0. The van der Waals surface area contributed by atoms with Crippen LogP contribution in [-0.2, 0) is 4.79 Å². The molecule has 0 bridgehead atoms. The molecule has 0 aromatic heterocycles. The van der Waals surface area contributed by atoms with Crippen LogP contribution in [0.15, 0.2) is 59.1 Å². The second kappa shape index (κ2) is 6.81. The molecule has 0 heterocycles. The molecule has 0 atom stereocenters. The fourth-order valence-corrected chi connectivity index (χ4v) is 1.92. The van der Waals surface area contributed by atoms with Crippen LogP contribution in [0.4, 0.5) is 11.4 Å². The number of para-hydroxylation sites is 2. The van der Waals surface area contributed by atoms with E-state index in [9.17, 15) is 14.9 Å². The van der Waals surface area contributed by atoms with Gasteiger partial charge in [0.15, 0.2) is 0 Å². The lowest BCUT2D eigenvalue weighted by Crippen LogP contribution is -2.09. The first-order valence-electron chi connectivity index (χ1n) is 6.04. The van der Waals surface area contributed by atoms with E-state index in [2.05, 4.69) is 21.2 Å². The van der Waals surface area contributed by atoms with Gasteiger partial charge in [0.05, 0.1) is 4.92 Å². The van der Waals surface area contributed by atoms with E-state index >= 15 is 0 Å². The lowest BCUT2D eigenvalue weighted by atomic mass is 10.2. The van der Waals surface area contributed by atoms with Gasteiger partial charge in [0.25, 0.3) is 5.69 Å². The molecule has 0 spiro atoms. The second-order valence-corrected chi connectivity index (χ2v) is 5.06. The number of carbonyl (C=O) groups is 1. The van der Waals surface area contributed by atoms with Crippen molar-refractivity contribution in [1.29, 1.82) is 0 Å². The van der Waals surface area contributed by atoms with E-state index in [1.165, 1.54) is 18.2 Å². The third-order valence-corrected chi connectivity index (χ3v) is 3.18. The molecule has 6 heteroatoms. The van der Waals surface area contributed by atoms with Crippen molar-refractivity contribution in [2.45, 2.75) is 0 Å². The Balaban J connectivity index is 2.08. The summed E-state index contributed by atoms with van der Waals surface area (Å²) in [4.78, 5) is 22.1. The van der Waals surface area contributed by atoms with E-state index in [1.54, 1.807) is 18.2 Å². The van der Waals surface area contributed by atoms with Crippen LogP contribution < -0.4 is 5.32 Å². The maximum atomic E-state index is 11.8. The van der Waals surface area contributed by atoms with Crippen LogP contribution in [0.3, 0.4) is 0 Å². The van der Waals surface area contributed by atoms with Gasteiger partial charge in [-0.15, -0.1) is 0 Å². The predicted octanol–water partition coefficient (Wildman–Crippen LogP) is 4.01. The van der Waals surface area contributed by atoms with Crippen molar-refractivity contribution in [2.24, 2.45) is 0 Å². The van der Waals surface area contributed by atoms with Crippen LogP contribution in [0.25, 0.3) is 6.08 Å². The van der Waals surface area contributed by atoms with E-state index in [-0.39, 0.29) is 11.4 Å². The summed E-state index contributed by atoms with van der Waals surface area (Å²) in [6.07, 6.45) is 2.97.